The molecule has 1 aliphatic rings. The SMILES string of the molecule is COc1ccc(CCCNC(=O)c2nc(C3CC3)n3ccccc23)cc1. The van der Waals surface area contributed by atoms with E-state index in [0.29, 0.717) is 18.2 Å². The number of methoxy groups -OCH3 is 1. The maximum atomic E-state index is 12.6. The van der Waals surface area contributed by atoms with E-state index in [1.54, 1.807) is 7.11 Å². The molecule has 1 amide bonds. The van der Waals surface area contributed by atoms with Gasteiger partial charge in [0.1, 0.15) is 11.6 Å². The number of nitrogens with zero attached hydrogens (tertiary/aromatic N) is 2. The number of rotatable bonds is 7. The zero-order valence-electron chi connectivity index (χ0n) is 14.9. The molecule has 1 N–H and O–H groups in total. The molecule has 0 saturated heterocycles. The summed E-state index contributed by atoms with van der Waals surface area (Å²) in [6.07, 6.45) is 6.13. The van der Waals surface area contributed by atoms with Crippen LogP contribution in [0.3, 0.4) is 0 Å². The smallest absolute Gasteiger partial charge is 0.272 e. The fourth-order valence-corrected chi connectivity index (χ4v) is 3.23. The van der Waals surface area contributed by atoms with Gasteiger partial charge in [-0.05, 0) is 55.5 Å². The van der Waals surface area contributed by atoms with Crippen LogP contribution in [0.2, 0.25) is 0 Å². The molecule has 134 valence electrons. The summed E-state index contributed by atoms with van der Waals surface area (Å²) in [6.45, 7) is 0.634. The summed E-state index contributed by atoms with van der Waals surface area (Å²) < 4.78 is 7.23. The van der Waals surface area contributed by atoms with E-state index >= 15 is 0 Å². The summed E-state index contributed by atoms with van der Waals surface area (Å²) in [6, 6.07) is 13.9. The number of pyridine rings is 1. The number of carbonyl (C=O) groups excluding carboxylic acids is 1. The maximum Gasteiger partial charge on any atom is 0.272 e. The van der Waals surface area contributed by atoms with Gasteiger partial charge in [-0.25, -0.2) is 4.98 Å². The number of aryl methyl sites for hydroxylation is 1. The molecule has 4 rings (SSSR count). The second-order valence-electron chi connectivity index (χ2n) is 6.76. The number of ether oxygens (including phenoxy) is 1. The van der Waals surface area contributed by atoms with E-state index in [9.17, 15) is 4.79 Å². The van der Waals surface area contributed by atoms with Gasteiger partial charge in [-0.2, -0.15) is 0 Å². The van der Waals surface area contributed by atoms with Crippen molar-refractivity contribution in [1.82, 2.24) is 14.7 Å². The molecule has 0 radical (unpaired) electrons. The summed E-state index contributed by atoms with van der Waals surface area (Å²) in [7, 11) is 1.67. The first-order valence-corrected chi connectivity index (χ1v) is 9.14. The van der Waals surface area contributed by atoms with Crippen molar-refractivity contribution in [1.29, 1.82) is 0 Å². The Morgan fingerprint density at radius 3 is 2.77 bits per heavy atom. The van der Waals surface area contributed by atoms with Gasteiger partial charge in [0.25, 0.3) is 5.91 Å². The first-order valence-electron chi connectivity index (χ1n) is 9.14. The van der Waals surface area contributed by atoms with Crippen LogP contribution >= 0.6 is 0 Å². The second-order valence-corrected chi connectivity index (χ2v) is 6.76. The summed E-state index contributed by atoms with van der Waals surface area (Å²) >= 11 is 0. The van der Waals surface area contributed by atoms with Crippen molar-refractivity contribution < 1.29 is 9.53 Å². The quantitative estimate of drug-likeness (QED) is 0.663. The molecule has 5 nitrogen and oxygen atoms in total. The van der Waals surface area contributed by atoms with Gasteiger partial charge in [-0.1, -0.05) is 18.2 Å². The molecular weight excluding hydrogens is 326 g/mol. The summed E-state index contributed by atoms with van der Waals surface area (Å²) in [5.41, 5.74) is 2.67. The minimum absolute atomic E-state index is 0.0877. The number of benzene rings is 1. The van der Waals surface area contributed by atoms with Gasteiger partial charge in [-0.15, -0.1) is 0 Å². The van der Waals surface area contributed by atoms with Crippen molar-refractivity contribution in [2.24, 2.45) is 0 Å². The van der Waals surface area contributed by atoms with Crippen LogP contribution in [0.4, 0.5) is 0 Å². The average molecular weight is 349 g/mol. The molecule has 0 aliphatic heterocycles. The third-order valence-electron chi connectivity index (χ3n) is 4.82. The molecule has 0 spiro atoms. The van der Waals surface area contributed by atoms with Crippen molar-refractivity contribution in [3.05, 3.63) is 65.7 Å². The Labute approximate surface area is 153 Å². The van der Waals surface area contributed by atoms with E-state index in [2.05, 4.69) is 26.8 Å². The predicted molar refractivity (Wildman–Crippen MR) is 101 cm³/mol. The van der Waals surface area contributed by atoms with Crippen molar-refractivity contribution in [3.8, 4) is 5.75 Å². The van der Waals surface area contributed by atoms with E-state index < -0.39 is 0 Å². The van der Waals surface area contributed by atoms with Gasteiger partial charge in [0.2, 0.25) is 0 Å². The first kappa shape index (κ1) is 16.6. The van der Waals surface area contributed by atoms with Crippen molar-refractivity contribution in [3.63, 3.8) is 0 Å². The summed E-state index contributed by atoms with van der Waals surface area (Å²) in [5, 5.41) is 3.02. The van der Waals surface area contributed by atoms with Crippen LogP contribution in [0.25, 0.3) is 5.52 Å². The number of fused-ring (bicyclic) bond motifs is 1. The zero-order valence-corrected chi connectivity index (χ0v) is 14.9. The third-order valence-corrected chi connectivity index (χ3v) is 4.82. The van der Waals surface area contributed by atoms with E-state index in [1.807, 2.05) is 36.5 Å². The highest BCUT2D eigenvalue weighted by Crippen LogP contribution is 2.39. The number of hydrogen-bond donors (Lipinski definition) is 1. The van der Waals surface area contributed by atoms with Crippen LogP contribution in [0, 0.1) is 0 Å². The van der Waals surface area contributed by atoms with Gasteiger partial charge in [0, 0.05) is 18.7 Å². The minimum atomic E-state index is -0.0877. The number of aromatic nitrogens is 2. The molecule has 26 heavy (non-hydrogen) atoms. The van der Waals surface area contributed by atoms with Crippen molar-refractivity contribution in [2.75, 3.05) is 13.7 Å². The van der Waals surface area contributed by atoms with Gasteiger partial charge < -0.3 is 14.5 Å². The maximum absolute atomic E-state index is 12.6. The van der Waals surface area contributed by atoms with Crippen LogP contribution in [0.5, 0.6) is 5.75 Å². The first-order chi connectivity index (χ1) is 12.8. The highest BCUT2D eigenvalue weighted by Gasteiger charge is 2.30. The zero-order chi connectivity index (χ0) is 17.9. The molecule has 2 heterocycles. The lowest BCUT2D eigenvalue weighted by Gasteiger charge is -2.05. The van der Waals surface area contributed by atoms with Crippen LogP contribution in [-0.4, -0.2) is 28.9 Å². The highest BCUT2D eigenvalue weighted by atomic mass is 16.5. The average Bonchev–Trinajstić information content (AvgIpc) is 3.46. The van der Waals surface area contributed by atoms with Gasteiger partial charge in [0.05, 0.1) is 12.6 Å². The Morgan fingerprint density at radius 2 is 2.04 bits per heavy atom. The molecule has 1 saturated carbocycles. The van der Waals surface area contributed by atoms with Crippen LogP contribution < -0.4 is 10.1 Å². The van der Waals surface area contributed by atoms with Crippen LogP contribution in [0.15, 0.2) is 48.7 Å². The minimum Gasteiger partial charge on any atom is -0.497 e. The predicted octanol–water partition coefficient (Wildman–Crippen LogP) is 3.58. The Balaban J connectivity index is 1.37. The van der Waals surface area contributed by atoms with E-state index in [1.165, 1.54) is 5.56 Å². The molecule has 3 aromatic rings. The van der Waals surface area contributed by atoms with Gasteiger partial charge >= 0.3 is 0 Å². The molecule has 0 unspecified atom stereocenters. The molecule has 1 aromatic carbocycles. The number of carbonyl (C=O) groups is 1. The molecule has 1 aliphatic carbocycles. The lowest BCUT2D eigenvalue weighted by molar-refractivity contribution is 0.0950. The Hall–Kier alpha value is -2.82. The summed E-state index contributed by atoms with van der Waals surface area (Å²) in [4.78, 5) is 17.3. The van der Waals surface area contributed by atoms with Gasteiger partial charge in [-0.3, -0.25) is 4.79 Å². The van der Waals surface area contributed by atoms with Crippen LogP contribution in [0.1, 0.15) is 47.1 Å². The monoisotopic (exact) mass is 349 g/mol. The van der Waals surface area contributed by atoms with E-state index in [0.717, 1.165) is 42.8 Å². The van der Waals surface area contributed by atoms with E-state index in [4.69, 9.17) is 4.74 Å². The molecule has 5 heteroatoms. The largest absolute Gasteiger partial charge is 0.497 e. The number of amides is 1. The van der Waals surface area contributed by atoms with Gasteiger partial charge in [0.15, 0.2) is 5.69 Å². The Kier molecular flexibility index (Phi) is 4.61. The highest BCUT2D eigenvalue weighted by molar-refractivity contribution is 5.99. The molecular formula is C21H23N3O2. The standard InChI is InChI=1S/C21H23N3O2/c1-26-17-11-7-15(8-12-17)5-4-13-22-21(25)19-18-6-2-3-14-24(18)20(23-19)16-9-10-16/h2-3,6-8,11-12,14,16H,4-5,9-10,13H2,1H3,(H,22,25). The molecule has 2 aromatic heterocycles. The number of hydrogen-bond acceptors (Lipinski definition) is 3. The topological polar surface area (TPSA) is 55.6 Å². The molecule has 0 bridgehead atoms. The Bertz CT molecular complexity index is 911. The van der Waals surface area contributed by atoms with Crippen LogP contribution in [-0.2, 0) is 6.42 Å². The summed E-state index contributed by atoms with van der Waals surface area (Å²) in [5.74, 6) is 2.29. The third kappa shape index (κ3) is 3.43. The molecule has 1 fully saturated rings. The number of imidazole rings is 1. The fourth-order valence-electron chi connectivity index (χ4n) is 3.23. The normalized spacial score (nSPS) is 13.7. The van der Waals surface area contributed by atoms with Crippen molar-refractivity contribution in [2.45, 2.75) is 31.6 Å². The lowest BCUT2D eigenvalue weighted by Crippen LogP contribution is -2.25. The molecule has 0 atom stereocenters. The Morgan fingerprint density at radius 1 is 1.23 bits per heavy atom. The second kappa shape index (κ2) is 7.20. The lowest BCUT2D eigenvalue weighted by atomic mass is 10.1. The number of nitrogens with one attached hydrogen (secondary N) is 1. The van der Waals surface area contributed by atoms with Crippen molar-refractivity contribution >= 4 is 11.4 Å². The fraction of sp³-hybridized carbons (Fsp3) is 0.333. The van der Waals surface area contributed by atoms with E-state index in [-0.39, 0.29) is 5.91 Å².